The van der Waals surface area contributed by atoms with Gasteiger partial charge in [0.15, 0.2) is 24.8 Å². The molecule has 0 N–H and O–H groups in total. The Morgan fingerprint density at radius 1 is 0.158 bits per heavy atom. The molecule has 4 nitrogen and oxygen atoms in total. The van der Waals surface area contributed by atoms with E-state index in [1.54, 1.807) is 0 Å². The number of aromatic nitrogens is 4. The zero-order chi connectivity index (χ0) is 80.4. The molecule has 564 valence electrons. The van der Waals surface area contributed by atoms with Crippen molar-refractivity contribution in [3.63, 3.8) is 0 Å². The van der Waals surface area contributed by atoms with Gasteiger partial charge in [-0.05, 0) is 277 Å². The summed E-state index contributed by atoms with van der Waals surface area (Å²) in [5, 5.41) is 0. The molecule has 0 saturated heterocycles. The van der Waals surface area contributed by atoms with Crippen LogP contribution in [-0.2, 0) is 28.2 Å². The van der Waals surface area contributed by atoms with Gasteiger partial charge < -0.3 is 0 Å². The molecular weight excluding hydrogens is 1380 g/mol. The highest BCUT2D eigenvalue weighted by Gasteiger charge is 2.24. The molecule has 0 aliphatic carbocycles. The van der Waals surface area contributed by atoms with E-state index in [1.165, 1.54) is 212 Å². The summed E-state index contributed by atoms with van der Waals surface area (Å²) in [6.45, 7) is 30.8. The summed E-state index contributed by atoms with van der Waals surface area (Å²) in [6.07, 6.45) is 8.76. The number of hydrogen-bond acceptors (Lipinski definition) is 0. The number of pyridine rings is 4. The van der Waals surface area contributed by atoms with Crippen molar-refractivity contribution in [3.05, 3.63) is 406 Å². The van der Waals surface area contributed by atoms with Crippen molar-refractivity contribution in [3.8, 4) is 134 Å². The molecule has 0 unspecified atom stereocenters. The summed E-state index contributed by atoms with van der Waals surface area (Å²) in [5.41, 5.74) is 48.9. The Balaban J connectivity index is 0.000000133. The molecule has 0 atom stereocenters. The molecule has 4 aromatic heterocycles. The Morgan fingerprint density at radius 3 is 0.912 bits per heavy atom. The lowest BCUT2D eigenvalue weighted by atomic mass is 9.90. The number of benzene rings is 12. The van der Waals surface area contributed by atoms with Gasteiger partial charge in [-0.3, -0.25) is 0 Å². The lowest BCUT2D eigenvalue weighted by Crippen LogP contribution is -2.31. The summed E-state index contributed by atoms with van der Waals surface area (Å²) in [6, 6.07) is 109. The summed E-state index contributed by atoms with van der Waals surface area (Å²) in [5.74, 6) is 0. The monoisotopic (exact) mass is 1480 g/mol. The quantitative estimate of drug-likeness (QED) is 0.108. The topological polar surface area (TPSA) is 15.5 Å². The standard InChI is InChI=1S/C29H30N.C28H28N.C27H26N.C26H24N/c1-19-14-21(3)29(22(4)15-19)27-17-28(30(6)18-23(27)5)26-16-25(13-12-20(26)2)24-10-8-7-9-11-24;1-19-10-9-11-20(2)28(19)24-14-15-29(5)27(17-24)26-18-25(21(3)16-22(26)4)23-12-7-6-8-13-23;1-19-10-8-9-13-24(19)23-14-15-28(4)27(17-23)26-18-25(20(2)16-21(26)3)22-11-6-5-7-12-22;1-19-16-20(2)25(18-24(19)22-12-8-5-9-13-22)26-17-23(14-15-27(26)3)21-10-6-4-7-11-21/h7-18H,1-6H3;6-18H,1-5H3;5-18H,1-4H3;4-18H,1-3H3/q4*+1. The third kappa shape index (κ3) is 17.8. The van der Waals surface area contributed by atoms with Crippen LogP contribution in [0.4, 0.5) is 0 Å². The zero-order valence-electron chi connectivity index (χ0n) is 70.0. The normalized spacial score (nSPS) is 10.9. The Labute approximate surface area is 679 Å². The van der Waals surface area contributed by atoms with E-state index in [-0.39, 0.29) is 0 Å². The van der Waals surface area contributed by atoms with Crippen molar-refractivity contribution in [2.45, 2.75) is 96.9 Å². The molecule has 0 radical (unpaired) electrons. The van der Waals surface area contributed by atoms with Crippen molar-refractivity contribution in [1.82, 2.24) is 0 Å². The highest BCUT2D eigenvalue weighted by Crippen LogP contribution is 2.40. The second-order valence-corrected chi connectivity index (χ2v) is 31.3. The highest BCUT2D eigenvalue weighted by atomic mass is 14.9. The van der Waals surface area contributed by atoms with Gasteiger partial charge in [0.25, 0.3) is 0 Å². The minimum Gasteiger partial charge on any atom is -0.201 e. The van der Waals surface area contributed by atoms with Crippen LogP contribution in [0.2, 0.25) is 0 Å². The molecule has 0 spiro atoms. The average Bonchev–Trinajstić information content (AvgIpc) is 0.804. The lowest BCUT2D eigenvalue weighted by Gasteiger charge is -2.15. The third-order valence-corrected chi connectivity index (χ3v) is 22.6. The van der Waals surface area contributed by atoms with E-state index < -0.39 is 0 Å². The summed E-state index contributed by atoms with van der Waals surface area (Å²) in [4.78, 5) is 0. The lowest BCUT2D eigenvalue weighted by molar-refractivity contribution is -0.660. The van der Waals surface area contributed by atoms with Gasteiger partial charge >= 0.3 is 0 Å². The second-order valence-electron chi connectivity index (χ2n) is 31.3. The van der Waals surface area contributed by atoms with Crippen molar-refractivity contribution >= 4 is 0 Å². The Kier molecular flexibility index (Phi) is 24.6. The average molecular weight is 1490 g/mol. The van der Waals surface area contributed by atoms with Crippen molar-refractivity contribution in [1.29, 1.82) is 0 Å². The van der Waals surface area contributed by atoms with Crippen LogP contribution in [-0.4, -0.2) is 0 Å². The highest BCUT2D eigenvalue weighted by molar-refractivity contribution is 5.84. The Hall–Kier alpha value is -12.8. The fraction of sp³-hybridized carbons (Fsp3) is 0.164. The van der Waals surface area contributed by atoms with Crippen LogP contribution < -0.4 is 18.3 Å². The van der Waals surface area contributed by atoms with Gasteiger partial charge in [0.1, 0.15) is 28.2 Å². The maximum atomic E-state index is 2.37. The molecule has 0 saturated carbocycles. The van der Waals surface area contributed by atoms with E-state index in [2.05, 4.69) is 471 Å². The van der Waals surface area contributed by atoms with E-state index in [0.717, 1.165) is 0 Å². The number of nitrogens with zero attached hydrogens (tertiary/aromatic N) is 4. The SMILES string of the molecule is Cc1cc(C)c(-c2cc(-c3c(C)cccc3C)cc[n+]2C)cc1-c1ccccc1.Cc1cc(C)c(-c2cc(-c3cc(-c4ccccc4)ccc3C)[n+](C)cc2C)c(C)c1.Cc1cc(C)c(-c2cc(-c3ccccc3)cc[n+]2C)cc1-c1ccccc1.Cc1ccccc1-c1cc[n+](C)c(-c2cc(-c3ccccc3)c(C)cc2C)c1. The van der Waals surface area contributed by atoms with Gasteiger partial charge in [-0.25, -0.2) is 18.3 Å². The van der Waals surface area contributed by atoms with E-state index in [0.29, 0.717) is 0 Å². The number of hydrogen-bond donors (Lipinski definition) is 0. The predicted octanol–water partition coefficient (Wildman–Crippen LogP) is 26.4. The molecule has 4 heteroatoms. The predicted molar refractivity (Wildman–Crippen MR) is 482 cm³/mol. The number of rotatable bonds is 12. The Bertz CT molecular complexity index is 6110. The van der Waals surface area contributed by atoms with Gasteiger partial charge in [-0.2, -0.15) is 0 Å². The largest absolute Gasteiger partial charge is 0.213 e. The molecule has 0 amide bonds. The number of aryl methyl sites for hydroxylation is 18. The molecule has 16 aromatic rings. The molecular formula is C110H108N4+4. The molecule has 4 heterocycles. The summed E-state index contributed by atoms with van der Waals surface area (Å²) >= 11 is 0. The molecule has 114 heavy (non-hydrogen) atoms. The van der Waals surface area contributed by atoms with Crippen molar-refractivity contribution < 1.29 is 18.3 Å². The van der Waals surface area contributed by atoms with Crippen LogP contribution in [0.5, 0.6) is 0 Å². The molecule has 0 fully saturated rings. The zero-order valence-corrected chi connectivity index (χ0v) is 70.0. The first-order chi connectivity index (χ1) is 55.0. The van der Waals surface area contributed by atoms with E-state index >= 15 is 0 Å². The van der Waals surface area contributed by atoms with Gasteiger partial charge in [-0.1, -0.05) is 242 Å². The van der Waals surface area contributed by atoms with Crippen LogP contribution in [0, 0.1) is 96.9 Å². The van der Waals surface area contributed by atoms with Crippen molar-refractivity contribution in [2.75, 3.05) is 0 Å². The van der Waals surface area contributed by atoms with Crippen LogP contribution in [0.1, 0.15) is 77.9 Å². The fourth-order valence-corrected chi connectivity index (χ4v) is 16.6. The third-order valence-electron chi connectivity index (χ3n) is 22.6. The maximum Gasteiger partial charge on any atom is 0.213 e. The van der Waals surface area contributed by atoms with Crippen LogP contribution in [0.25, 0.3) is 134 Å². The van der Waals surface area contributed by atoms with Gasteiger partial charge in [0, 0.05) is 70.3 Å². The molecule has 12 aromatic carbocycles. The van der Waals surface area contributed by atoms with Crippen LogP contribution in [0.3, 0.4) is 0 Å². The first kappa shape index (κ1) is 79.3. The van der Waals surface area contributed by atoms with E-state index in [9.17, 15) is 0 Å². The molecule has 0 bridgehead atoms. The van der Waals surface area contributed by atoms with E-state index in [1.807, 2.05) is 0 Å². The van der Waals surface area contributed by atoms with Gasteiger partial charge in [0.2, 0.25) is 22.8 Å². The van der Waals surface area contributed by atoms with Gasteiger partial charge in [-0.15, -0.1) is 0 Å². The van der Waals surface area contributed by atoms with E-state index in [4.69, 9.17) is 0 Å². The minimum atomic E-state index is 1.23. The van der Waals surface area contributed by atoms with Crippen molar-refractivity contribution in [2.24, 2.45) is 28.2 Å². The fourth-order valence-electron chi connectivity index (χ4n) is 16.6. The van der Waals surface area contributed by atoms with Crippen LogP contribution in [0.15, 0.2) is 328 Å². The molecule has 0 aliphatic rings. The maximum absolute atomic E-state index is 2.37. The van der Waals surface area contributed by atoms with Crippen LogP contribution >= 0.6 is 0 Å². The summed E-state index contributed by atoms with van der Waals surface area (Å²) < 4.78 is 8.91. The minimum absolute atomic E-state index is 1.23. The molecule has 0 aliphatic heterocycles. The first-order valence-electron chi connectivity index (χ1n) is 39.9. The Morgan fingerprint density at radius 2 is 0.482 bits per heavy atom. The first-order valence-corrected chi connectivity index (χ1v) is 39.9. The summed E-state index contributed by atoms with van der Waals surface area (Å²) in [7, 11) is 8.52. The molecule has 16 rings (SSSR count). The smallest absolute Gasteiger partial charge is 0.201 e. The second kappa shape index (κ2) is 35.3. The van der Waals surface area contributed by atoms with Gasteiger partial charge in [0.05, 0.1) is 0 Å².